The topological polar surface area (TPSA) is 177 Å². The van der Waals surface area contributed by atoms with Crippen LogP contribution < -0.4 is 14.2 Å². The molecule has 0 fully saturated rings. The lowest BCUT2D eigenvalue weighted by molar-refractivity contribution is -0.141. The molecule has 0 aliphatic carbocycles. The number of carboxylic acid groups (broad SMARTS) is 4. The Morgan fingerprint density at radius 2 is 1.08 bits per heavy atom. The molecule has 11 heteroatoms. The van der Waals surface area contributed by atoms with E-state index in [1.807, 2.05) is 0 Å². The van der Waals surface area contributed by atoms with E-state index in [9.17, 15) is 19.2 Å². The molecular formula is C13H12O11. The van der Waals surface area contributed by atoms with E-state index in [0.29, 0.717) is 0 Å². The Kier molecular flexibility index (Phi) is 6.35. The van der Waals surface area contributed by atoms with Crippen LogP contribution in [-0.4, -0.2) is 64.1 Å². The average Bonchev–Trinajstić information content (AvgIpc) is 2.48. The van der Waals surface area contributed by atoms with Gasteiger partial charge in [0.25, 0.3) is 0 Å². The second-order valence-electron chi connectivity index (χ2n) is 4.15. The van der Waals surface area contributed by atoms with E-state index in [-0.39, 0.29) is 0 Å². The summed E-state index contributed by atoms with van der Waals surface area (Å²) in [5.41, 5.74) is -0.404. The number of rotatable bonds is 10. The van der Waals surface area contributed by atoms with Crippen LogP contribution in [0.15, 0.2) is 12.1 Å². The fourth-order valence-corrected chi connectivity index (χ4v) is 1.47. The molecule has 0 aliphatic rings. The summed E-state index contributed by atoms with van der Waals surface area (Å²) in [6.45, 7) is -2.62. The lowest BCUT2D eigenvalue weighted by atomic mass is 10.2. The molecule has 0 bridgehead atoms. The quantitative estimate of drug-likeness (QED) is 0.441. The number of carboxylic acids is 4. The van der Waals surface area contributed by atoms with E-state index in [0.717, 1.165) is 12.1 Å². The molecule has 0 heterocycles. The third-order valence-electron chi connectivity index (χ3n) is 2.31. The highest BCUT2D eigenvalue weighted by atomic mass is 16.6. The summed E-state index contributed by atoms with van der Waals surface area (Å²) >= 11 is 0. The Balaban J connectivity index is 3.30. The predicted octanol–water partition coefficient (Wildman–Crippen LogP) is -0.225. The van der Waals surface area contributed by atoms with Gasteiger partial charge >= 0.3 is 23.9 Å². The van der Waals surface area contributed by atoms with Crippen molar-refractivity contribution < 1.29 is 53.8 Å². The van der Waals surface area contributed by atoms with Gasteiger partial charge in [-0.05, 0) is 12.1 Å². The molecule has 1 aromatic carbocycles. The molecule has 0 aliphatic heterocycles. The van der Waals surface area contributed by atoms with Crippen LogP contribution in [0.5, 0.6) is 17.2 Å². The highest BCUT2D eigenvalue weighted by Crippen LogP contribution is 2.39. The standard InChI is InChI=1S/C13H12O11/c14-9(15)3-22-7-1-6(13(20)21)2-8(23-4-10(16)17)12(7)24-5-11(18)19/h1-2H,3-5H2,(H,14,15)(H,16,17)(H,18,19)(H,20,21). The van der Waals surface area contributed by atoms with Crippen molar-refractivity contribution in [1.29, 1.82) is 0 Å². The first-order valence-corrected chi connectivity index (χ1v) is 6.15. The third-order valence-corrected chi connectivity index (χ3v) is 2.31. The lowest BCUT2D eigenvalue weighted by Gasteiger charge is -2.16. The van der Waals surface area contributed by atoms with Crippen LogP contribution in [-0.2, 0) is 14.4 Å². The molecule has 130 valence electrons. The summed E-state index contributed by atoms with van der Waals surface area (Å²) in [7, 11) is 0. The van der Waals surface area contributed by atoms with Crippen molar-refractivity contribution in [3.05, 3.63) is 17.7 Å². The molecule has 24 heavy (non-hydrogen) atoms. The van der Waals surface area contributed by atoms with E-state index >= 15 is 0 Å². The summed E-state index contributed by atoms with van der Waals surface area (Å²) in [6.07, 6.45) is 0. The molecule has 0 aromatic heterocycles. The Hall–Kier alpha value is -3.50. The minimum Gasteiger partial charge on any atom is -0.479 e. The zero-order valence-electron chi connectivity index (χ0n) is 11.9. The van der Waals surface area contributed by atoms with E-state index in [4.69, 9.17) is 34.6 Å². The first kappa shape index (κ1) is 18.5. The zero-order valence-corrected chi connectivity index (χ0v) is 11.9. The number of hydrogen-bond donors (Lipinski definition) is 4. The fraction of sp³-hybridized carbons (Fsp3) is 0.231. The summed E-state index contributed by atoms with van der Waals surface area (Å²) in [4.78, 5) is 42.9. The largest absolute Gasteiger partial charge is 0.479 e. The maximum atomic E-state index is 11.1. The van der Waals surface area contributed by atoms with Crippen LogP contribution >= 0.6 is 0 Å². The third kappa shape index (κ3) is 5.71. The van der Waals surface area contributed by atoms with Gasteiger partial charge in [-0.15, -0.1) is 0 Å². The molecule has 0 spiro atoms. The molecule has 0 amide bonds. The van der Waals surface area contributed by atoms with Crippen molar-refractivity contribution in [1.82, 2.24) is 0 Å². The fourth-order valence-electron chi connectivity index (χ4n) is 1.47. The van der Waals surface area contributed by atoms with Crippen molar-refractivity contribution in [2.24, 2.45) is 0 Å². The SMILES string of the molecule is O=C(O)COc1cc(C(=O)O)cc(OCC(=O)O)c1OCC(=O)O. The molecule has 0 saturated carbocycles. The number of benzene rings is 1. The minimum absolute atomic E-state index is 0.404. The maximum absolute atomic E-state index is 11.1. The summed E-state index contributed by atoms with van der Waals surface area (Å²) < 4.78 is 14.6. The maximum Gasteiger partial charge on any atom is 0.341 e. The van der Waals surface area contributed by atoms with Crippen LogP contribution in [0.1, 0.15) is 10.4 Å². The van der Waals surface area contributed by atoms with Gasteiger partial charge in [0.1, 0.15) is 0 Å². The molecule has 0 atom stereocenters. The highest BCUT2D eigenvalue weighted by molar-refractivity contribution is 5.89. The Labute approximate surface area is 133 Å². The van der Waals surface area contributed by atoms with Crippen LogP contribution in [0.3, 0.4) is 0 Å². The van der Waals surface area contributed by atoms with Crippen LogP contribution in [0.25, 0.3) is 0 Å². The molecular weight excluding hydrogens is 332 g/mol. The van der Waals surface area contributed by atoms with Gasteiger partial charge < -0.3 is 34.6 Å². The van der Waals surface area contributed by atoms with Crippen molar-refractivity contribution in [2.45, 2.75) is 0 Å². The summed E-state index contributed by atoms with van der Waals surface area (Å²) in [6, 6.07) is 1.80. The second-order valence-corrected chi connectivity index (χ2v) is 4.15. The average molecular weight is 344 g/mol. The van der Waals surface area contributed by atoms with E-state index < -0.39 is 66.5 Å². The zero-order chi connectivity index (χ0) is 18.3. The lowest BCUT2D eigenvalue weighted by Crippen LogP contribution is -2.16. The molecule has 11 nitrogen and oxygen atoms in total. The summed E-state index contributed by atoms with van der Waals surface area (Å²) in [5, 5.41) is 34.9. The van der Waals surface area contributed by atoms with Crippen molar-refractivity contribution in [3.63, 3.8) is 0 Å². The van der Waals surface area contributed by atoms with E-state index in [1.54, 1.807) is 0 Å². The number of hydrogen-bond acceptors (Lipinski definition) is 7. The Morgan fingerprint density at radius 1 is 0.708 bits per heavy atom. The minimum atomic E-state index is -1.43. The number of carbonyl (C=O) groups is 4. The predicted molar refractivity (Wildman–Crippen MR) is 72.8 cm³/mol. The van der Waals surface area contributed by atoms with Crippen molar-refractivity contribution in [2.75, 3.05) is 19.8 Å². The van der Waals surface area contributed by atoms with Crippen molar-refractivity contribution in [3.8, 4) is 17.2 Å². The molecule has 1 rings (SSSR count). The van der Waals surface area contributed by atoms with Gasteiger partial charge in [-0.3, -0.25) is 0 Å². The molecule has 0 unspecified atom stereocenters. The van der Waals surface area contributed by atoms with Crippen LogP contribution in [0.2, 0.25) is 0 Å². The van der Waals surface area contributed by atoms with E-state index in [1.165, 1.54) is 0 Å². The van der Waals surface area contributed by atoms with Gasteiger partial charge in [-0.2, -0.15) is 0 Å². The first-order chi connectivity index (χ1) is 11.2. The summed E-state index contributed by atoms with van der Waals surface area (Å²) in [5.74, 6) is -6.84. The Bertz CT molecular complexity index is 625. The van der Waals surface area contributed by atoms with Gasteiger partial charge in [0.2, 0.25) is 5.75 Å². The van der Waals surface area contributed by atoms with Crippen LogP contribution in [0.4, 0.5) is 0 Å². The molecule has 1 aromatic rings. The molecule has 4 N–H and O–H groups in total. The van der Waals surface area contributed by atoms with Gasteiger partial charge in [0.05, 0.1) is 5.56 Å². The van der Waals surface area contributed by atoms with Gasteiger partial charge in [-0.1, -0.05) is 0 Å². The Morgan fingerprint density at radius 3 is 1.42 bits per heavy atom. The number of aromatic carboxylic acids is 1. The van der Waals surface area contributed by atoms with Crippen LogP contribution in [0, 0.1) is 0 Å². The second kappa shape index (κ2) is 8.22. The van der Waals surface area contributed by atoms with Gasteiger partial charge in [0, 0.05) is 0 Å². The molecule has 0 radical (unpaired) electrons. The van der Waals surface area contributed by atoms with Gasteiger partial charge in [0.15, 0.2) is 31.3 Å². The smallest absolute Gasteiger partial charge is 0.341 e. The highest BCUT2D eigenvalue weighted by Gasteiger charge is 2.20. The van der Waals surface area contributed by atoms with Gasteiger partial charge in [-0.25, -0.2) is 19.2 Å². The number of aliphatic carboxylic acids is 3. The number of ether oxygens (including phenoxy) is 3. The first-order valence-electron chi connectivity index (χ1n) is 6.15. The monoisotopic (exact) mass is 344 g/mol. The normalized spacial score (nSPS) is 9.83. The van der Waals surface area contributed by atoms with E-state index in [2.05, 4.69) is 0 Å². The van der Waals surface area contributed by atoms with Crippen molar-refractivity contribution >= 4 is 23.9 Å². The molecule has 0 saturated heterocycles.